The van der Waals surface area contributed by atoms with Gasteiger partial charge in [0.2, 0.25) is 5.91 Å². The molecule has 0 aliphatic heterocycles. The van der Waals surface area contributed by atoms with Crippen molar-refractivity contribution in [3.05, 3.63) is 131 Å². The third-order valence-corrected chi connectivity index (χ3v) is 8.61. The number of aromatic nitrogens is 1. The van der Waals surface area contributed by atoms with Crippen LogP contribution < -0.4 is 20.7 Å². The molecule has 0 fully saturated rings. The number of nitrogens with one attached hydrogen (secondary N) is 3. The van der Waals surface area contributed by atoms with Crippen LogP contribution >= 0.6 is 23.1 Å². The first-order valence-electron chi connectivity index (χ1n) is 14.4. The predicted molar refractivity (Wildman–Crippen MR) is 186 cm³/mol. The van der Waals surface area contributed by atoms with Crippen LogP contribution in [0.1, 0.15) is 28.4 Å². The van der Waals surface area contributed by atoms with Crippen LogP contribution in [-0.2, 0) is 9.59 Å². The number of amides is 3. The predicted octanol–water partition coefficient (Wildman–Crippen LogP) is 7.66. The van der Waals surface area contributed by atoms with E-state index in [2.05, 4.69) is 20.9 Å². The molecule has 0 aliphatic carbocycles. The highest BCUT2D eigenvalue weighted by Crippen LogP contribution is 2.30. The van der Waals surface area contributed by atoms with Crippen molar-refractivity contribution in [1.82, 2.24) is 10.3 Å². The van der Waals surface area contributed by atoms with Crippen LogP contribution in [0.4, 0.5) is 10.8 Å². The van der Waals surface area contributed by atoms with Gasteiger partial charge in [-0.2, -0.15) is 0 Å². The van der Waals surface area contributed by atoms with Gasteiger partial charge in [-0.05, 0) is 68.0 Å². The maximum Gasteiger partial charge on any atom is 0.272 e. The summed E-state index contributed by atoms with van der Waals surface area (Å²) in [4.78, 5) is 44.8. The lowest BCUT2D eigenvalue weighted by molar-refractivity contribution is -0.115. The number of thioether (sulfide) groups is 1. The lowest BCUT2D eigenvalue weighted by Crippen LogP contribution is -2.30. The number of aryl methyl sites for hydroxylation is 1. The van der Waals surface area contributed by atoms with Crippen LogP contribution in [0.5, 0.6) is 5.75 Å². The van der Waals surface area contributed by atoms with Crippen molar-refractivity contribution < 1.29 is 19.1 Å². The number of nitrogens with zero attached hydrogens (tertiary/aromatic N) is 1. The summed E-state index contributed by atoms with van der Waals surface area (Å²) in [5.74, 6) is -0.336. The Morgan fingerprint density at radius 1 is 0.891 bits per heavy atom. The lowest BCUT2D eigenvalue weighted by Gasteiger charge is -2.14. The minimum absolute atomic E-state index is 0.0991. The molecule has 0 radical (unpaired) electrons. The number of rotatable bonds is 11. The molecule has 0 saturated heterocycles. The van der Waals surface area contributed by atoms with Gasteiger partial charge in [-0.1, -0.05) is 66.2 Å². The van der Waals surface area contributed by atoms with Crippen molar-refractivity contribution in [2.75, 3.05) is 17.7 Å². The first-order valence-corrected chi connectivity index (χ1v) is 16.2. The van der Waals surface area contributed by atoms with E-state index in [1.54, 1.807) is 55.7 Å². The number of carbonyl (C=O) groups excluding carboxylic acids is 3. The van der Waals surface area contributed by atoms with E-state index >= 15 is 0 Å². The highest BCUT2D eigenvalue weighted by molar-refractivity contribution is 8.00. The van der Waals surface area contributed by atoms with Crippen molar-refractivity contribution in [2.24, 2.45) is 0 Å². The zero-order chi connectivity index (χ0) is 32.5. The Balaban J connectivity index is 1.25. The van der Waals surface area contributed by atoms with Gasteiger partial charge in [0.05, 0.1) is 18.1 Å². The van der Waals surface area contributed by atoms with E-state index in [0.717, 1.165) is 33.0 Å². The maximum atomic E-state index is 13.5. The molecule has 8 nitrogen and oxygen atoms in total. The van der Waals surface area contributed by atoms with Crippen molar-refractivity contribution >= 4 is 57.7 Å². The zero-order valence-electron chi connectivity index (χ0n) is 25.4. The number of hydrogen-bond acceptors (Lipinski definition) is 7. The molecule has 3 amide bonds. The third kappa shape index (κ3) is 8.71. The van der Waals surface area contributed by atoms with Gasteiger partial charge in [-0.3, -0.25) is 14.4 Å². The van der Waals surface area contributed by atoms with E-state index < -0.39 is 17.1 Å². The fraction of sp³-hybridized carbons (Fsp3) is 0.111. The Hall–Kier alpha value is -5.19. The molecule has 3 N–H and O–H groups in total. The van der Waals surface area contributed by atoms with E-state index in [0.29, 0.717) is 16.4 Å². The molecule has 0 saturated carbocycles. The summed E-state index contributed by atoms with van der Waals surface area (Å²) in [5, 5.41) is 10.5. The number of anilines is 2. The van der Waals surface area contributed by atoms with Gasteiger partial charge in [0.15, 0.2) is 5.13 Å². The molecule has 5 rings (SSSR count). The quantitative estimate of drug-likeness (QED) is 0.100. The minimum atomic E-state index is -0.477. The Labute approximate surface area is 275 Å². The van der Waals surface area contributed by atoms with Crippen LogP contribution in [-0.4, -0.2) is 35.1 Å². The van der Waals surface area contributed by atoms with Crippen LogP contribution in [0.2, 0.25) is 0 Å². The Morgan fingerprint density at radius 2 is 1.67 bits per heavy atom. The van der Waals surface area contributed by atoms with Crippen LogP contribution in [0, 0.1) is 6.92 Å². The summed E-state index contributed by atoms with van der Waals surface area (Å²) in [7, 11) is 1.61. The van der Waals surface area contributed by atoms with Crippen molar-refractivity contribution in [1.29, 1.82) is 0 Å². The van der Waals surface area contributed by atoms with Gasteiger partial charge in [0, 0.05) is 27.1 Å². The normalized spacial score (nSPS) is 11.8. The molecule has 46 heavy (non-hydrogen) atoms. The summed E-state index contributed by atoms with van der Waals surface area (Å²) in [6.45, 7) is 3.77. The average Bonchev–Trinajstić information content (AvgIpc) is 3.53. The third-order valence-electron chi connectivity index (χ3n) is 6.76. The fourth-order valence-corrected chi connectivity index (χ4v) is 6.07. The van der Waals surface area contributed by atoms with E-state index in [4.69, 9.17) is 4.74 Å². The first-order chi connectivity index (χ1) is 22.3. The van der Waals surface area contributed by atoms with Gasteiger partial charge in [0.1, 0.15) is 11.4 Å². The lowest BCUT2D eigenvalue weighted by atomic mass is 10.1. The van der Waals surface area contributed by atoms with E-state index in [9.17, 15) is 14.4 Å². The van der Waals surface area contributed by atoms with Gasteiger partial charge in [-0.25, -0.2) is 4.98 Å². The second-order valence-electron chi connectivity index (χ2n) is 10.3. The number of carbonyl (C=O) groups is 3. The molecule has 1 atom stereocenters. The first kappa shape index (κ1) is 32.2. The second-order valence-corrected chi connectivity index (χ2v) is 12.6. The van der Waals surface area contributed by atoms with Crippen LogP contribution in [0.25, 0.3) is 17.3 Å². The van der Waals surface area contributed by atoms with Crippen molar-refractivity contribution in [2.45, 2.75) is 24.0 Å². The molecule has 4 aromatic carbocycles. The number of methoxy groups -OCH3 is 1. The number of thiazole rings is 1. The Kier molecular flexibility index (Phi) is 10.6. The summed E-state index contributed by atoms with van der Waals surface area (Å²) in [6, 6.07) is 31.2. The Bertz CT molecular complexity index is 1890. The molecule has 0 aliphatic rings. The maximum absolute atomic E-state index is 13.5. The summed E-state index contributed by atoms with van der Waals surface area (Å²) < 4.78 is 5.30. The highest BCUT2D eigenvalue weighted by atomic mass is 32.2. The van der Waals surface area contributed by atoms with Gasteiger partial charge < -0.3 is 20.7 Å². The van der Waals surface area contributed by atoms with Gasteiger partial charge in [0.25, 0.3) is 11.8 Å². The van der Waals surface area contributed by atoms with E-state index in [-0.39, 0.29) is 11.6 Å². The van der Waals surface area contributed by atoms with Gasteiger partial charge >= 0.3 is 0 Å². The number of benzene rings is 4. The Morgan fingerprint density at radius 3 is 2.46 bits per heavy atom. The molecule has 0 spiro atoms. The average molecular weight is 649 g/mol. The van der Waals surface area contributed by atoms with Crippen LogP contribution in [0.3, 0.4) is 0 Å². The standard InChI is InChI=1S/C36H32N4O4S2/c1-23-10-7-11-25(18-23)19-31(38-34(42)26-12-5-4-6-13-26)35(43)37-28-15-9-17-30(21-28)46-24(2)33(41)40-36-39-32(22-45-36)27-14-8-16-29(20-27)44-3/h4-22,24H,1-3H3,(H,37,43)(H,38,42)(H,39,40,41)/b31-19+. The molecule has 1 aromatic heterocycles. The summed E-state index contributed by atoms with van der Waals surface area (Å²) >= 11 is 2.70. The SMILES string of the molecule is COc1cccc(-c2csc(NC(=O)C(C)Sc3cccc(NC(=O)/C(=C\c4cccc(C)c4)NC(=O)c4ccccc4)c3)n2)c1. The number of hydrogen-bond donors (Lipinski definition) is 3. The van der Waals surface area contributed by atoms with Crippen molar-refractivity contribution in [3.63, 3.8) is 0 Å². The largest absolute Gasteiger partial charge is 0.497 e. The van der Waals surface area contributed by atoms with Crippen molar-refractivity contribution in [3.8, 4) is 17.0 Å². The van der Waals surface area contributed by atoms with E-state index in [1.165, 1.54) is 23.1 Å². The second kappa shape index (κ2) is 15.2. The molecule has 1 heterocycles. The molecule has 0 bridgehead atoms. The van der Waals surface area contributed by atoms with Crippen LogP contribution in [0.15, 0.2) is 119 Å². The topological polar surface area (TPSA) is 109 Å². The highest BCUT2D eigenvalue weighted by Gasteiger charge is 2.18. The molecule has 5 aromatic rings. The van der Waals surface area contributed by atoms with E-state index in [1.807, 2.05) is 79.9 Å². The number of ether oxygens (including phenoxy) is 1. The monoisotopic (exact) mass is 648 g/mol. The molecule has 10 heteroatoms. The minimum Gasteiger partial charge on any atom is -0.497 e. The molecule has 1 unspecified atom stereocenters. The molecular weight excluding hydrogens is 617 g/mol. The zero-order valence-corrected chi connectivity index (χ0v) is 27.1. The smallest absolute Gasteiger partial charge is 0.272 e. The van der Waals surface area contributed by atoms with Gasteiger partial charge in [-0.15, -0.1) is 23.1 Å². The molecular formula is C36H32N4O4S2. The molecule has 232 valence electrons. The summed E-state index contributed by atoms with van der Waals surface area (Å²) in [6.07, 6.45) is 1.65. The fourth-order valence-electron chi connectivity index (χ4n) is 4.43. The summed E-state index contributed by atoms with van der Waals surface area (Å²) in [5.41, 5.74) is 4.51.